The van der Waals surface area contributed by atoms with E-state index >= 15 is 0 Å². The number of carboxylic acid groups (broad SMARTS) is 1. The van der Waals surface area contributed by atoms with Crippen molar-refractivity contribution in [3.8, 4) is 34.1 Å². The summed E-state index contributed by atoms with van der Waals surface area (Å²) in [5.74, 6) is 1.38. The van der Waals surface area contributed by atoms with Crippen molar-refractivity contribution >= 4 is 18.1 Å². The number of carbonyl (C=O) groups is 1. The van der Waals surface area contributed by atoms with Crippen molar-refractivity contribution in [1.82, 2.24) is 4.98 Å². The summed E-state index contributed by atoms with van der Waals surface area (Å²) in [5.41, 5.74) is 4.21. The number of anilines is 1. The molecule has 35 heavy (non-hydrogen) atoms. The number of aliphatic carboxylic acids is 1. The zero-order chi connectivity index (χ0) is 23.8. The number of hydrogen-bond acceptors (Lipinski definition) is 5. The Labute approximate surface area is 202 Å². The molecule has 1 fully saturated rings. The first-order valence-corrected chi connectivity index (χ1v) is 11.7. The first-order chi connectivity index (χ1) is 17.1. The van der Waals surface area contributed by atoms with Gasteiger partial charge in [0.2, 0.25) is 0 Å². The van der Waals surface area contributed by atoms with E-state index in [-0.39, 0.29) is 0 Å². The van der Waals surface area contributed by atoms with Gasteiger partial charge in [-0.1, -0.05) is 48.6 Å². The fourth-order valence-corrected chi connectivity index (χ4v) is 4.43. The second kappa shape index (κ2) is 8.47. The lowest BCUT2D eigenvalue weighted by Gasteiger charge is -2.09. The molecule has 6 rings (SSSR count). The van der Waals surface area contributed by atoms with Crippen molar-refractivity contribution in [2.75, 3.05) is 11.9 Å². The quantitative estimate of drug-likeness (QED) is 0.304. The lowest BCUT2D eigenvalue weighted by molar-refractivity contribution is -0.142. The highest BCUT2D eigenvalue weighted by atomic mass is 16.5. The zero-order valence-electron chi connectivity index (χ0n) is 19.0. The third-order valence-electron chi connectivity index (χ3n) is 6.68. The standard InChI is InChI=1S/C29H24N2O4/c32-27(33)29(16-17-29)18-30-28-31-25(26(35-28)24-11-5-7-19-6-4-10-23(19)24)20-12-14-22(15-13-20)34-21-8-2-1-3-9-21/h1-5,7-15H,6,16-18H2,(H,30,31)(H,32,33). The number of carboxylic acids is 1. The van der Waals surface area contributed by atoms with Crippen LogP contribution in [-0.4, -0.2) is 22.6 Å². The highest BCUT2D eigenvalue weighted by Crippen LogP contribution is 2.46. The molecule has 0 radical (unpaired) electrons. The van der Waals surface area contributed by atoms with Crippen molar-refractivity contribution in [3.63, 3.8) is 0 Å². The van der Waals surface area contributed by atoms with Crippen LogP contribution < -0.4 is 10.1 Å². The maximum atomic E-state index is 11.6. The molecule has 0 aliphatic heterocycles. The molecule has 0 unspecified atom stereocenters. The van der Waals surface area contributed by atoms with Gasteiger partial charge in [0.1, 0.15) is 17.2 Å². The molecule has 2 aliphatic carbocycles. The van der Waals surface area contributed by atoms with Gasteiger partial charge in [0.05, 0.1) is 5.41 Å². The van der Waals surface area contributed by atoms with Gasteiger partial charge in [-0.2, -0.15) is 4.98 Å². The number of fused-ring (bicyclic) bond motifs is 1. The minimum Gasteiger partial charge on any atom is -0.481 e. The van der Waals surface area contributed by atoms with Gasteiger partial charge in [0, 0.05) is 17.7 Å². The Morgan fingerprint density at radius 3 is 2.51 bits per heavy atom. The number of ether oxygens (including phenoxy) is 1. The number of rotatable bonds is 8. The minimum absolute atomic E-state index is 0.290. The number of oxazole rings is 1. The van der Waals surface area contributed by atoms with E-state index in [1.807, 2.05) is 66.7 Å². The summed E-state index contributed by atoms with van der Waals surface area (Å²) in [5, 5.41) is 12.7. The molecule has 4 aromatic rings. The van der Waals surface area contributed by atoms with Crippen LogP contribution in [0.1, 0.15) is 24.0 Å². The van der Waals surface area contributed by atoms with Crippen LogP contribution in [0.4, 0.5) is 6.01 Å². The molecule has 1 aromatic heterocycles. The molecule has 6 heteroatoms. The first kappa shape index (κ1) is 21.2. The van der Waals surface area contributed by atoms with E-state index in [0.29, 0.717) is 36.9 Å². The van der Waals surface area contributed by atoms with Crippen LogP contribution >= 0.6 is 0 Å². The molecular formula is C29H24N2O4. The normalized spacial score (nSPS) is 15.0. The highest BCUT2D eigenvalue weighted by Gasteiger charge is 2.50. The number of hydrogen-bond donors (Lipinski definition) is 2. The lowest BCUT2D eigenvalue weighted by atomic mass is 9.98. The summed E-state index contributed by atoms with van der Waals surface area (Å²) in [7, 11) is 0. The first-order valence-electron chi connectivity index (χ1n) is 11.7. The van der Waals surface area contributed by atoms with Crippen LogP contribution in [0.2, 0.25) is 0 Å². The largest absolute Gasteiger partial charge is 0.481 e. The molecule has 174 valence electrons. The smallest absolute Gasteiger partial charge is 0.311 e. The predicted octanol–water partition coefficient (Wildman–Crippen LogP) is 6.65. The van der Waals surface area contributed by atoms with Gasteiger partial charge in [-0.15, -0.1) is 0 Å². The Bertz CT molecular complexity index is 1420. The predicted molar refractivity (Wildman–Crippen MR) is 134 cm³/mol. The van der Waals surface area contributed by atoms with Gasteiger partial charge in [0.25, 0.3) is 6.01 Å². The van der Waals surface area contributed by atoms with E-state index in [0.717, 1.165) is 34.6 Å². The fourth-order valence-electron chi connectivity index (χ4n) is 4.43. The maximum Gasteiger partial charge on any atom is 0.311 e. The Hall–Kier alpha value is -4.32. The number of nitrogens with one attached hydrogen (secondary N) is 1. The second-order valence-electron chi connectivity index (χ2n) is 9.06. The molecule has 3 aromatic carbocycles. The molecule has 0 saturated heterocycles. The van der Waals surface area contributed by atoms with Crippen LogP contribution in [0.5, 0.6) is 11.5 Å². The molecule has 1 heterocycles. The number of allylic oxidation sites excluding steroid dienone is 1. The van der Waals surface area contributed by atoms with Gasteiger partial charge >= 0.3 is 5.97 Å². The Morgan fingerprint density at radius 1 is 1.00 bits per heavy atom. The van der Waals surface area contributed by atoms with Crippen LogP contribution in [0.15, 0.2) is 83.3 Å². The minimum atomic E-state index is -0.781. The van der Waals surface area contributed by atoms with E-state index in [1.165, 1.54) is 5.56 Å². The number of aromatic nitrogens is 1. The third kappa shape index (κ3) is 4.08. The summed E-state index contributed by atoms with van der Waals surface area (Å²) in [4.78, 5) is 16.4. The van der Waals surface area contributed by atoms with Gasteiger partial charge in [-0.3, -0.25) is 4.79 Å². The third-order valence-corrected chi connectivity index (χ3v) is 6.68. The average molecular weight is 465 g/mol. The second-order valence-corrected chi connectivity index (χ2v) is 9.06. The summed E-state index contributed by atoms with van der Waals surface area (Å²) in [6.45, 7) is 0.290. The zero-order valence-corrected chi connectivity index (χ0v) is 19.0. The molecule has 1 saturated carbocycles. The van der Waals surface area contributed by atoms with Crippen molar-refractivity contribution in [1.29, 1.82) is 0 Å². The molecule has 2 N–H and O–H groups in total. The molecule has 2 aliphatic rings. The van der Waals surface area contributed by atoms with Gasteiger partial charge < -0.3 is 19.6 Å². The van der Waals surface area contributed by atoms with Crippen molar-refractivity contribution in [2.45, 2.75) is 19.3 Å². The number of para-hydroxylation sites is 1. The molecule has 6 nitrogen and oxygen atoms in total. The van der Waals surface area contributed by atoms with Crippen LogP contribution in [-0.2, 0) is 11.2 Å². The molecular weight excluding hydrogens is 440 g/mol. The SMILES string of the molecule is O=C(O)C1(CNc2nc(-c3ccc(Oc4ccccc4)cc3)c(-c3cccc4c3C=CC4)o2)CC1. The maximum absolute atomic E-state index is 11.6. The summed E-state index contributed by atoms with van der Waals surface area (Å²) < 4.78 is 12.2. The fraction of sp³-hybridized carbons (Fsp3) is 0.172. The van der Waals surface area contributed by atoms with Crippen LogP contribution in [0, 0.1) is 5.41 Å². The van der Waals surface area contributed by atoms with Crippen molar-refractivity contribution in [3.05, 3.63) is 90.0 Å². The van der Waals surface area contributed by atoms with Crippen molar-refractivity contribution in [2.24, 2.45) is 5.41 Å². The number of nitrogens with zero attached hydrogens (tertiary/aromatic N) is 1. The van der Waals surface area contributed by atoms with Crippen molar-refractivity contribution < 1.29 is 19.1 Å². The Balaban J connectivity index is 1.35. The van der Waals surface area contributed by atoms with Gasteiger partial charge in [0.15, 0.2) is 5.76 Å². The Kier molecular flexibility index (Phi) is 5.14. The molecule has 0 spiro atoms. The number of benzene rings is 3. The topological polar surface area (TPSA) is 84.6 Å². The van der Waals surface area contributed by atoms with Crippen LogP contribution in [0.3, 0.4) is 0 Å². The van der Waals surface area contributed by atoms with Crippen LogP contribution in [0.25, 0.3) is 28.7 Å². The molecule has 0 atom stereocenters. The summed E-state index contributed by atoms with van der Waals surface area (Å²) in [6, 6.07) is 23.9. The van der Waals surface area contributed by atoms with E-state index in [9.17, 15) is 9.90 Å². The van der Waals surface area contributed by atoms with E-state index in [4.69, 9.17) is 14.1 Å². The highest BCUT2D eigenvalue weighted by molar-refractivity contribution is 5.85. The van der Waals surface area contributed by atoms with E-state index in [2.05, 4.69) is 23.5 Å². The summed E-state index contributed by atoms with van der Waals surface area (Å²) in [6.07, 6.45) is 6.48. The van der Waals surface area contributed by atoms with E-state index in [1.54, 1.807) is 0 Å². The van der Waals surface area contributed by atoms with Gasteiger partial charge in [-0.05, 0) is 66.8 Å². The van der Waals surface area contributed by atoms with Gasteiger partial charge in [-0.25, -0.2) is 0 Å². The monoisotopic (exact) mass is 464 g/mol. The Morgan fingerprint density at radius 2 is 1.77 bits per heavy atom. The lowest BCUT2D eigenvalue weighted by Crippen LogP contribution is -2.24. The average Bonchev–Trinajstić information content (AvgIpc) is 3.32. The van der Waals surface area contributed by atoms with E-state index < -0.39 is 11.4 Å². The summed E-state index contributed by atoms with van der Waals surface area (Å²) >= 11 is 0. The molecule has 0 amide bonds. The molecule has 0 bridgehead atoms.